The Morgan fingerprint density at radius 3 is 2.52 bits per heavy atom. The van der Waals surface area contributed by atoms with Crippen LogP contribution in [-0.2, 0) is 6.42 Å². The maximum Gasteiger partial charge on any atom is 0.488 e. The van der Waals surface area contributed by atoms with Gasteiger partial charge in [-0.05, 0) is 11.0 Å². The Morgan fingerprint density at radius 1 is 1.00 bits per heavy atom. The van der Waals surface area contributed by atoms with E-state index in [2.05, 4.69) is 28.4 Å². The van der Waals surface area contributed by atoms with Gasteiger partial charge < -0.3 is 10.0 Å². The molecule has 0 radical (unpaired) electrons. The molecule has 102 valence electrons. The molecule has 3 N–H and O–H groups in total. The van der Waals surface area contributed by atoms with Crippen LogP contribution >= 0.6 is 0 Å². The second kappa shape index (κ2) is 4.58. The summed E-state index contributed by atoms with van der Waals surface area (Å²) in [4.78, 5) is 0. The molecule has 0 saturated carbocycles. The van der Waals surface area contributed by atoms with Gasteiger partial charge in [0, 0.05) is 23.1 Å². The van der Waals surface area contributed by atoms with Crippen LogP contribution in [0.3, 0.4) is 0 Å². The number of benzene rings is 2. The molecular formula is C16H13BN2O2. The third-order valence-corrected chi connectivity index (χ3v) is 4.00. The standard InChI is InChI=1S/C16H13BN2O2/c20-17(21)12-7-5-10(6-8-12)15-14-9-11-3-1-2-4-13(11)16(14)19-18-15/h1-8,20-21H,9H2,(H,18,19). The molecule has 0 saturated heterocycles. The van der Waals surface area contributed by atoms with E-state index in [9.17, 15) is 0 Å². The Hall–Kier alpha value is -2.37. The van der Waals surface area contributed by atoms with Crippen molar-refractivity contribution in [2.24, 2.45) is 0 Å². The first-order valence-electron chi connectivity index (χ1n) is 6.86. The van der Waals surface area contributed by atoms with Gasteiger partial charge in [0.1, 0.15) is 0 Å². The van der Waals surface area contributed by atoms with Crippen LogP contribution in [0.2, 0.25) is 0 Å². The number of nitrogens with one attached hydrogen (secondary N) is 1. The van der Waals surface area contributed by atoms with Crippen molar-refractivity contribution in [2.45, 2.75) is 6.42 Å². The summed E-state index contributed by atoms with van der Waals surface area (Å²) in [5, 5.41) is 25.9. The number of hydrogen-bond acceptors (Lipinski definition) is 3. The van der Waals surface area contributed by atoms with E-state index < -0.39 is 7.12 Å². The molecule has 4 nitrogen and oxygen atoms in total. The molecule has 2 aromatic carbocycles. The van der Waals surface area contributed by atoms with Gasteiger partial charge in [0.25, 0.3) is 0 Å². The van der Waals surface area contributed by atoms with Crippen molar-refractivity contribution in [3.63, 3.8) is 0 Å². The fourth-order valence-electron chi connectivity index (χ4n) is 2.92. The Bertz CT molecular complexity index is 809. The molecule has 4 rings (SSSR count). The van der Waals surface area contributed by atoms with Crippen LogP contribution in [-0.4, -0.2) is 27.4 Å². The number of hydrogen-bond donors (Lipinski definition) is 3. The Balaban J connectivity index is 1.77. The lowest BCUT2D eigenvalue weighted by Gasteiger charge is -2.03. The Kier molecular flexibility index (Phi) is 2.70. The summed E-state index contributed by atoms with van der Waals surface area (Å²) in [7, 11) is -1.44. The molecule has 0 fully saturated rings. The van der Waals surface area contributed by atoms with Gasteiger partial charge in [-0.3, -0.25) is 5.10 Å². The summed E-state index contributed by atoms with van der Waals surface area (Å²) < 4.78 is 0. The van der Waals surface area contributed by atoms with Gasteiger partial charge in [0.05, 0.1) is 11.4 Å². The lowest BCUT2D eigenvalue weighted by molar-refractivity contribution is 0.426. The molecule has 1 heterocycles. The van der Waals surface area contributed by atoms with Gasteiger partial charge in [-0.25, -0.2) is 0 Å². The van der Waals surface area contributed by atoms with Crippen molar-refractivity contribution >= 4 is 12.6 Å². The molecule has 0 atom stereocenters. The molecule has 0 unspecified atom stereocenters. The van der Waals surface area contributed by atoms with Crippen molar-refractivity contribution in [3.8, 4) is 22.5 Å². The molecule has 0 aliphatic heterocycles. The Labute approximate surface area is 122 Å². The number of aromatic nitrogens is 2. The lowest BCUT2D eigenvalue weighted by atomic mass is 9.80. The van der Waals surface area contributed by atoms with E-state index in [-0.39, 0.29) is 0 Å². The summed E-state index contributed by atoms with van der Waals surface area (Å²) in [6, 6.07) is 15.5. The van der Waals surface area contributed by atoms with Crippen LogP contribution in [0.4, 0.5) is 0 Å². The first-order chi connectivity index (χ1) is 10.2. The van der Waals surface area contributed by atoms with Crippen molar-refractivity contribution in [1.29, 1.82) is 0 Å². The highest BCUT2D eigenvalue weighted by atomic mass is 16.4. The summed E-state index contributed by atoms with van der Waals surface area (Å²) >= 11 is 0. The Morgan fingerprint density at radius 2 is 1.76 bits per heavy atom. The fourth-order valence-corrected chi connectivity index (χ4v) is 2.92. The zero-order valence-electron chi connectivity index (χ0n) is 11.2. The highest BCUT2D eigenvalue weighted by Gasteiger charge is 2.24. The molecule has 0 spiro atoms. The van der Waals surface area contributed by atoms with Gasteiger partial charge >= 0.3 is 7.12 Å². The van der Waals surface area contributed by atoms with Crippen LogP contribution in [0.15, 0.2) is 48.5 Å². The molecule has 1 aliphatic carbocycles. The summed E-state index contributed by atoms with van der Waals surface area (Å²) in [6.07, 6.45) is 0.877. The van der Waals surface area contributed by atoms with Gasteiger partial charge in [0.2, 0.25) is 0 Å². The largest absolute Gasteiger partial charge is 0.488 e. The van der Waals surface area contributed by atoms with E-state index in [0.29, 0.717) is 5.46 Å². The third-order valence-electron chi connectivity index (χ3n) is 4.00. The predicted molar refractivity (Wildman–Crippen MR) is 82.1 cm³/mol. The van der Waals surface area contributed by atoms with Gasteiger partial charge in [0.15, 0.2) is 0 Å². The van der Waals surface area contributed by atoms with Crippen LogP contribution in [0.25, 0.3) is 22.5 Å². The zero-order chi connectivity index (χ0) is 14.4. The van der Waals surface area contributed by atoms with E-state index in [0.717, 1.165) is 23.4 Å². The van der Waals surface area contributed by atoms with Crippen molar-refractivity contribution in [3.05, 3.63) is 59.7 Å². The first-order valence-corrected chi connectivity index (χ1v) is 6.86. The highest BCUT2D eigenvalue weighted by Crippen LogP contribution is 2.39. The van der Waals surface area contributed by atoms with Gasteiger partial charge in [-0.1, -0.05) is 48.5 Å². The number of nitrogens with zero attached hydrogens (tertiary/aromatic N) is 1. The second-order valence-corrected chi connectivity index (χ2v) is 5.26. The average molecular weight is 276 g/mol. The molecule has 5 heteroatoms. The SMILES string of the molecule is OB(O)c1ccc(-c2n[nH]c3c2Cc2ccccc2-3)cc1. The number of H-pyrrole nitrogens is 1. The van der Waals surface area contributed by atoms with E-state index in [1.54, 1.807) is 12.1 Å². The van der Waals surface area contributed by atoms with Gasteiger partial charge in [-0.15, -0.1) is 0 Å². The summed E-state index contributed by atoms with van der Waals surface area (Å²) in [5.41, 5.74) is 7.21. The minimum Gasteiger partial charge on any atom is -0.423 e. The van der Waals surface area contributed by atoms with E-state index in [1.165, 1.54) is 16.7 Å². The van der Waals surface area contributed by atoms with E-state index >= 15 is 0 Å². The maximum absolute atomic E-state index is 9.15. The smallest absolute Gasteiger partial charge is 0.423 e. The molecule has 3 aromatic rings. The zero-order valence-corrected chi connectivity index (χ0v) is 11.2. The number of fused-ring (bicyclic) bond motifs is 3. The maximum atomic E-state index is 9.15. The summed E-state index contributed by atoms with van der Waals surface area (Å²) in [5.74, 6) is 0. The quantitative estimate of drug-likeness (QED) is 0.484. The second-order valence-electron chi connectivity index (χ2n) is 5.26. The predicted octanol–water partition coefficient (Wildman–Crippen LogP) is 1.33. The minimum atomic E-state index is -1.44. The summed E-state index contributed by atoms with van der Waals surface area (Å²) in [6.45, 7) is 0. The molecule has 0 amide bonds. The van der Waals surface area contributed by atoms with Crippen molar-refractivity contribution in [2.75, 3.05) is 0 Å². The topological polar surface area (TPSA) is 69.1 Å². The number of rotatable bonds is 2. The molecule has 1 aliphatic rings. The van der Waals surface area contributed by atoms with E-state index in [1.807, 2.05) is 18.2 Å². The highest BCUT2D eigenvalue weighted by molar-refractivity contribution is 6.58. The van der Waals surface area contributed by atoms with E-state index in [4.69, 9.17) is 10.0 Å². The minimum absolute atomic E-state index is 0.481. The molecule has 21 heavy (non-hydrogen) atoms. The van der Waals surface area contributed by atoms with Crippen LogP contribution in [0.5, 0.6) is 0 Å². The lowest BCUT2D eigenvalue weighted by Crippen LogP contribution is -2.29. The van der Waals surface area contributed by atoms with Crippen LogP contribution in [0, 0.1) is 0 Å². The van der Waals surface area contributed by atoms with Gasteiger partial charge in [-0.2, -0.15) is 5.10 Å². The number of aromatic amines is 1. The fraction of sp³-hybridized carbons (Fsp3) is 0.0625. The van der Waals surface area contributed by atoms with Crippen LogP contribution in [0.1, 0.15) is 11.1 Å². The molecular weight excluding hydrogens is 263 g/mol. The third kappa shape index (κ3) is 1.90. The first kappa shape index (κ1) is 12.4. The molecule has 1 aromatic heterocycles. The van der Waals surface area contributed by atoms with Crippen LogP contribution < -0.4 is 5.46 Å². The normalized spacial score (nSPS) is 12.1. The van der Waals surface area contributed by atoms with Crippen molar-refractivity contribution in [1.82, 2.24) is 10.2 Å². The van der Waals surface area contributed by atoms with Crippen molar-refractivity contribution < 1.29 is 10.0 Å². The monoisotopic (exact) mass is 276 g/mol. The molecule has 0 bridgehead atoms. The average Bonchev–Trinajstić information content (AvgIpc) is 3.06.